The van der Waals surface area contributed by atoms with Gasteiger partial charge in [0.05, 0.1) is 5.92 Å². The Hall–Kier alpha value is -3.34. The first-order valence-corrected chi connectivity index (χ1v) is 11.5. The van der Waals surface area contributed by atoms with Gasteiger partial charge in [0, 0.05) is 46.5 Å². The number of aliphatic carboxylic acids is 1. The van der Waals surface area contributed by atoms with Crippen LogP contribution in [0.25, 0.3) is 21.9 Å². The second-order valence-corrected chi connectivity index (χ2v) is 8.84. The molecule has 0 spiro atoms. The van der Waals surface area contributed by atoms with E-state index in [0.717, 1.165) is 60.8 Å². The number of unbranched alkanes of at least 4 members (excludes halogenated alkanes) is 1. The lowest BCUT2D eigenvalue weighted by atomic mass is 9.92. The van der Waals surface area contributed by atoms with Crippen LogP contribution in [0.3, 0.4) is 0 Å². The first-order chi connectivity index (χ1) is 15.6. The fourth-order valence-electron chi connectivity index (χ4n) is 4.97. The number of H-pyrrole nitrogens is 1. The molecule has 5 nitrogen and oxygen atoms in total. The summed E-state index contributed by atoms with van der Waals surface area (Å²) in [7, 11) is 0. The molecule has 0 unspecified atom stereocenters. The van der Waals surface area contributed by atoms with Crippen molar-refractivity contribution in [2.75, 3.05) is 0 Å². The summed E-state index contributed by atoms with van der Waals surface area (Å²) in [5.74, 6) is -0.665. The van der Waals surface area contributed by atoms with Gasteiger partial charge in [-0.05, 0) is 49.8 Å². The van der Waals surface area contributed by atoms with Crippen molar-refractivity contribution in [2.24, 2.45) is 5.92 Å². The molecule has 164 valence electrons. The Bertz CT molecular complexity index is 1300. The average molecular weight is 430 g/mol. The van der Waals surface area contributed by atoms with Crippen molar-refractivity contribution in [1.82, 2.24) is 4.98 Å². The number of para-hydroxylation sites is 1. The molecular weight excluding hydrogens is 402 g/mol. The molecule has 0 aliphatic heterocycles. The van der Waals surface area contributed by atoms with Crippen molar-refractivity contribution in [3.8, 4) is 0 Å². The van der Waals surface area contributed by atoms with Crippen molar-refractivity contribution in [3.63, 3.8) is 0 Å². The Labute approximate surface area is 186 Å². The molecule has 0 saturated heterocycles. The number of rotatable bonds is 9. The molecule has 5 heteroatoms. The third-order valence-corrected chi connectivity index (χ3v) is 6.73. The molecule has 32 heavy (non-hydrogen) atoms. The highest BCUT2D eigenvalue weighted by molar-refractivity contribution is 6.01. The summed E-state index contributed by atoms with van der Waals surface area (Å²) in [5.41, 5.74) is 4.91. The maximum atomic E-state index is 12.8. The summed E-state index contributed by atoms with van der Waals surface area (Å²) in [5, 5.41) is 12.0. The Morgan fingerprint density at radius 1 is 1.06 bits per heavy atom. The Morgan fingerprint density at radius 2 is 1.94 bits per heavy atom. The summed E-state index contributed by atoms with van der Waals surface area (Å²) >= 11 is 0. The highest BCUT2D eigenvalue weighted by Crippen LogP contribution is 2.33. The van der Waals surface area contributed by atoms with E-state index >= 15 is 0 Å². The summed E-state index contributed by atoms with van der Waals surface area (Å²) in [6.45, 7) is 0. The Morgan fingerprint density at radius 3 is 2.81 bits per heavy atom. The largest absolute Gasteiger partial charge is 0.481 e. The minimum atomic E-state index is -0.900. The maximum absolute atomic E-state index is 12.8. The van der Waals surface area contributed by atoms with Gasteiger partial charge in [0.15, 0.2) is 5.78 Å². The van der Waals surface area contributed by atoms with Crippen LogP contribution >= 0.6 is 0 Å². The normalized spacial score (nSPS) is 14.1. The van der Waals surface area contributed by atoms with E-state index in [9.17, 15) is 14.7 Å². The number of carbonyl (C=O) groups excluding carboxylic acids is 1. The average Bonchev–Trinajstić information content (AvgIpc) is 3.49. The summed E-state index contributed by atoms with van der Waals surface area (Å²) in [4.78, 5) is 27.9. The van der Waals surface area contributed by atoms with Crippen LogP contribution in [-0.2, 0) is 24.1 Å². The monoisotopic (exact) mass is 429 g/mol. The van der Waals surface area contributed by atoms with E-state index in [2.05, 4.69) is 17.1 Å². The number of hydrogen-bond donors (Lipinski definition) is 2. The van der Waals surface area contributed by atoms with Crippen molar-refractivity contribution >= 4 is 33.6 Å². The summed E-state index contributed by atoms with van der Waals surface area (Å²) in [6.07, 6.45) is 8.20. The molecule has 1 aliphatic rings. The van der Waals surface area contributed by atoms with Crippen molar-refractivity contribution in [1.29, 1.82) is 0 Å². The van der Waals surface area contributed by atoms with Crippen LogP contribution in [0.1, 0.15) is 59.3 Å². The number of ketones is 1. The number of carbonyl (C=O) groups is 2. The van der Waals surface area contributed by atoms with Gasteiger partial charge in [-0.1, -0.05) is 36.8 Å². The van der Waals surface area contributed by atoms with Gasteiger partial charge in [-0.25, -0.2) is 0 Å². The molecule has 0 bridgehead atoms. The van der Waals surface area contributed by atoms with Gasteiger partial charge in [0.1, 0.15) is 11.3 Å². The smallest absolute Gasteiger partial charge is 0.306 e. The molecule has 1 aliphatic carbocycles. The van der Waals surface area contributed by atoms with E-state index in [-0.39, 0.29) is 12.2 Å². The van der Waals surface area contributed by atoms with E-state index in [4.69, 9.17) is 4.42 Å². The van der Waals surface area contributed by atoms with Gasteiger partial charge >= 0.3 is 5.97 Å². The first-order valence-electron chi connectivity index (χ1n) is 11.5. The van der Waals surface area contributed by atoms with Gasteiger partial charge in [0.2, 0.25) is 0 Å². The van der Waals surface area contributed by atoms with Crippen molar-refractivity contribution in [2.45, 2.75) is 51.4 Å². The second kappa shape index (κ2) is 8.65. The van der Waals surface area contributed by atoms with Crippen LogP contribution in [0.2, 0.25) is 0 Å². The number of aryl methyl sites for hydroxylation is 3. The number of furan rings is 1. The van der Waals surface area contributed by atoms with Crippen LogP contribution in [0.4, 0.5) is 0 Å². The predicted molar refractivity (Wildman–Crippen MR) is 124 cm³/mol. The fraction of sp³-hybridized carbons (Fsp3) is 0.333. The predicted octanol–water partition coefficient (Wildman–Crippen LogP) is 6.09. The van der Waals surface area contributed by atoms with Crippen LogP contribution in [0, 0.1) is 5.92 Å². The highest BCUT2D eigenvalue weighted by Gasteiger charge is 2.24. The molecule has 2 aromatic heterocycles. The standard InChI is InChI=1S/C27H27NO4/c29-24(17-12-13-22-21-9-5-11-25(21)32-26(22)15-17)14-18(27(30)31)6-1-2-7-19-16-28-23-10-4-3-8-20(19)23/h3-4,8,10,12-13,15-16,18,28H,1-2,5-7,9,11,14H2,(H,30,31)/t18-/m1/s1. The van der Waals surface area contributed by atoms with Crippen LogP contribution in [-0.4, -0.2) is 21.8 Å². The molecule has 5 rings (SSSR count). The summed E-state index contributed by atoms with van der Waals surface area (Å²) < 4.78 is 5.93. The number of benzene rings is 2. The molecule has 4 aromatic rings. The van der Waals surface area contributed by atoms with Crippen molar-refractivity contribution < 1.29 is 19.1 Å². The zero-order valence-electron chi connectivity index (χ0n) is 18.0. The van der Waals surface area contributed by atoms with E-state index in [1.54, 1.807) is 6.07 Å². The third-order valence-electron chi connectivity index (χ3n) is 6.73. The molecule has 0 amide bonds. The zero-order valence-corrected chi connectivity index (χ0v) is 18.0. The topological polar surface area (TPSA) is 83.3 Å². The Kier molecular flexibility index (Phi) is 5.56. The van der Waals surface area contributed by atoms with Gasteiger partial charge in [-0.3, -0.25) is 9.59 Å². The van der Waals surface area contributed by atoms with Crippen LogP contribution < -0.4 is 0 Å². The highest BCUT2D eigenvalue weighted by atomic mass is 16.4. The fourth-order valence-corrected chi connectivity index (χ4v) is 4.97. The number of Topliss-reactive ketones (excluding diaryl/α,β-unsaturated/α-hetero) is 1. The number of fused-ring (bicyclic) bond motifs is 4. The molecule has 0 fully saturated rings. The number of carboxylic acid groups (broad SMARTS) is 1. The molecule has 2 heterocycles. The first kappa shape index (κ1) is 20.6. The number of aromatic nitrogens is 1. The van der Waals surface area contributed by atoms with E-state index in [0.29, 0.717) is 12.0 Å². The molecule has 0 saturated carbocycles. The Balaban J connectivity index is 1.19. The van der Waals surface area contributed by atoms with E-state index in [1.165, 1.54) is 16.5 Å². The molecule has 0 radical (unpaired) electrons. The molecule has 2 N–H and O–H groups in total. The lowest BCUT2D eigenvalue weighted by Gasteiger charge is -2.11. The van der Waals surface area contributed by atoms with Crippen LogP contribution in [0.5, 0.6) is 0 Å². The molecule has 1 atom stereocenters. The lowest BCUT2D eigenvalue weighted by Crippen LogP contribution is -2.18. The lowest BCUT2D eigenvalue weighted by molar-refractivity contribution is -0.141. The molecular formula is C27H27NO4. The van der Waals surface area contributed by atoms with Gasteiger partial charge in [0.25, 0.3) is 0 Å². The summed E-state index contributed by atoms with van der Waals surface area (Å²) in [6, 6.07) is 13.7. The second-order valence-electron chi connectivity index (χ2n) is 8.84. The molecule has 2 aromatic carbocycles. The van der Waals surface area contributed by atoms with Gasteiger partial charge < -0.3 is 14.5 Å². The van der Waals surface area contributed by atoms with E-state index < -0.39 is 11.9 Å². The minimum Gasteiger partial charge on any atom is -0.481 e. The van der Waals surface area contributed by atoms with Crippen molar-refractivity contribution in [3.05, 3.63) is 71.1 Å². The maximum Gasteiger partial charge on any atom is 0.306 e. The van der Waals surface area contributed by atoms with Crippen LogP contribution in [0.15, 0.2) is 53.1 Å². The third kappa shape index (κ3) is 3.95. The zero-order chi connectivity index (χ0) is 22.1. The van der Waals surface area contributed by atoms with E-state index in [1.807, 2.05) is 30.5 Å². The number of hydrogen-bond acceptors (Lipinski definition) is 3. The quantitative estimate of drug-likeness (QED) is 0.249. The SMILES string of the molecule is O=C(C[C@@H](CCCCc1c[nH]c2ccccc12)C(=O)O)c1ccc2c3c(oc2c1)CCC3. The van der Waals surface area contributed by atoms with Gasteiger partial charge in [-0.2, -0.15) is 0 Å². The number of carboxylic acids is 1. The minimum absolute atomic E-state index is 0.0222. The number of nitrogens with one attached hydrogen (secondary N) is 1. The van der Waals surface area contributed by atoms with Gasteiger partial charge in [-0.15, -0.1) is 0 Å². The number of aromatic amines is 1.